The Labute approximate surface area is 174 Å². The van der Waals surface area contributed by atoms with Gasteiger partial charge in [-0.1, -0.05) is 0 Å². The summed E-state index contributed by atoms with van der Waals surface area (Å²) in [5.74, 6) is 0. The van der Waals surface area contributed by atoms with Crippen LogP contribution in [0.4, 0.5) is 0 Å². The number of rotatable bonds is 20. The zero-order chi connectivity index (χ0) is 22.1. The molecule has 0 aromatic heterocycles. The minimum atomic E-state index is -1.85. The Morgan fingerprint density at radius 3 is 1.86 bits per heavy atom. The van der Waals surface area contributed by atoms with E-state index in [0.717, 1.165) is 6.42 Å². The van der Waals surface area contributed by atoms with Gasteiger partial charge in [0, 0.05) is 14.2 Å². The Morgan fingerprint density at radius 1 is 0.759 bits per heavy atom. The van der Waals surface area contributed by atoms with E-state index in [9.17, 15) is 14.2 Å². The molecule has 29 heavy (non-hydrogen) atoms. The lowest BCUT2D eigenvalue weighted by Gasteiger charge is -2.15. The second-order valence-electron chi connectivity index (χ2n) is 6.45. The van der Waals surface area contributed by atoms with Crippen LogP contribution < -0.4 is 0 Å². The van der Waals surface area contributed by atoms with Crippen molar-refractivity contribution in [1.82, 2.24) is 0 Å². The molecule has 0 aliphatic rings. The molecule has 0 saturated heterocycles. The molecule has 12 heteroatoms. The van der Waals surface area contributed by atoms with Crippen molar-refractivity contribution >= 4 is 16.1 Å². The molecule has 0 saturated carbocycles. The average molecular weight is 462 g/mol. The minimum absolute atomic E-state index is 0.0167. The normalized spacial score (nSPS) is 16.9. The van der Waals surface area contributed by atoms with Crippen molar-refractivity contribution in [1.29, 1.82) is 0 Å². The van der Waals surface area contributed by atoms with E-state index in [0.29, 0.717) is 25.2 Å². The van der Waals surface area contributed by atoms with Crippen LogP contribution in [-0.2, 0) is 37.1 Å². The third-order valence-electron chi connectivity index (χ3n) is 3.57. The fourth-order valence-electron chi connectivity index (χ4n) is 1.91. The highest BCUT2D eigenvalue weighted by Gasteiger charge is 2.23. The van der Waals surface area contributed by atoms with Crippen LogP contribution in [0.15, 0.2) is 0 Å². The molecule has 0 spiro atoms. The van der Waals surface area contributed by atoms with E-state index in [2.05, 4.69) is 4.74 Å². The lowest BCUT2D eigenvalue weighted by Crippen LogP contribution is -2.27. The van der Waals surface area contributed by atoms with Crippen LogP contribution in [0.2, 0.25) is 0 Å². The summed E-state index contributed by atoms with van der Waals surface area (Å²) < 4.78 is 54.3. The van der Waals surface area contributed by atoms with Crippen LogP contribution in [-0.4, -0.2) is 88.0 Å². The predicted molar refractivity (Wildman–Crippen MR) is 108 cm³/mol. The van der Waals surface area contributed by atoms with E-state index < -0.39 is 34.7 Å². The largest absolute Gasteiger partial charge is 0.508 e. The first-order chi connectivity index (χ1) is 13.8. The topological polar surface area (TPSA) is 130 Å². The van der Waals surface area contributed by atoms with Gasteiger partial charge in [0.1, 0.15) is 13.2 Å². The van der Waals surface area contributed by atoms with Crippen molar-refractivity contribution in [3.05, 3.63) is 0 Å². The van der Waals surface area contributed by atoms with Gasteiger partial charge in [0.25, 0.3) is 0 Å². The lowest BCUT2D eigenvalue weighted by molar-refractivity contribution is -0.194. The molecule has 0 rings (SSSR count). The van der Waals surface area contributed by atoms with Crippen molar-refractivity contribution in [2.45, 2.75) is 57.9 Å². The van der Waals surface area contributed by atoms with E-state index in [1.54, 1.807) is 13.8 Å². The quantitative estimate of drug-likeness (QED) is 0.158. The molecule has 0 aliphatic heterocycles. The summed E-state index contributed by atoms with van der Waals surface area (Å²) in [7, 11) is -0.843. The van der Waals surface area contributed by atoms with E-state index in [1.807, 2.05) is 0 Å². The van der Waals surface area contributed by atoms with Crippen molar-refractivity contribution in [3.63, 3.8) is 0 Å². The van der Waals surface area contributed by atoms with Gasteiger partial charge in [0.15, 0.2) is 31.5 Å². The monoisotopic (exact) mass is 462 g/mol. The molecule has 0 aromatic carbocycles. The molecule has 2 N–H and O–H groups in total. The van der Waals surface area contributed by atoms with Crippen LogP contribution in [0.3, 0.4) is 0 Å². The molecule has 0 fully saturated rings. The number of aliphatic hydroxyl groups excluding tert-OH is 2. The average Bonchev–Trinajstić information content (AvgIpc) is 2.70. The lowest BCUT2D eigenvalue weighted by atomic mass is 10.3. The summed E-state index contributed by atoms with van der Waals surface area (Å²) >= 11 is 0. The molecule has 0 aromatic rings. The zero-order valence-electron chi connectivity index (χ0n) is 17.7. The van der Waals surface area contributed by atoms with Gasteiger partial charge in [-0.3, -0.25) is 0 Å². The molecule has 0 aliphatic carbocycles. The van der Waals surface area contributed by atoms with Gasteiger partial charge in [-0.15, -0.1) is 9.05 Å². The van der Waals surface area contributed by atoms with Crippen LogP contribution in [0, 0.1) is 0 Å². The summed E-state index contributed by atoms with van der Waals surface area (Å²) in [6.45, 7) is 3.75. The highest BCUT2D eigenvalue weighted by molar-refractivity contribution is 7.39. The third-order valence-corrected chi connectivity index (χ3v) is 5.81. The fraction of sp³-hybridized carbons (Fsp3) is 1.00. The molecule has 10 nitrogen and oxygen atoms in total. The van der Waals surface area contributed by atoms with E-state index in [4.69, 9.17) is 28.4 Å². The van der Waals surface area contributed by atoms with Crippen LogP contribution in [0.25, 0.3) is 0 Å². The zero-order valence-corrected chi connectivity index (χ0v) is 19.5. The van der Waals surface area contributed by atoms with Crippen LogP contribution in [0.5, 0.6) is 0 Å². The van der Waals surface area contributed by atoms with E-state index >= 15 is 0 Å². The first-order valence-corrected chi connectivity index (χ1v) is 12.3. The molecule has 0 bridgehead atoms. The van der Waals surface area contributed by atoms with E-state index in [1.165, 1.54) is 14.2 Å². The maximum Gasteiger partial charge on any atom is 0.508 e. The smallest absolute Gasteiger partial charge is 0.391 e. The summed E-state index contributed by atoms with van der Waals surface area (Å²) in [6.07, 6.45) is 0.357. The number of methoxy groups -OCH3 is 2. The first-order valence-electron chi connectivity index (χ1n) is 9.58. The van der Waals surface area contributed by atoms with Crippen molar-refractivity contribution in [2.24, 2.45) is 0 Å². The summed E-state index contributed by atoms with van der Waals surface area (Å²) in [4.78, 5) is 0. The number of ether oxygens (including phenoxy) is 4. The number of hydrogen-bond donors (Lipinski definition) is 2. The molecule has 6 unspecified atom stereocenters. The Balaban J connectivity index is 3.70. The summed E-state index contributed by atoms with van der Waals surface area (Å²) in [6, 6.07) is 0. The molecule has 6 atom stereocenters. The second-order valence-corrected chi connectivity index (χ2v) is 9.19. The van der Waals surface area contributed by atoms with Gasteiger partial charge in [-0.2, -0.15) is 0 Å². The van der Waals surface area contributed by atoms with Crippen molar-refractivity contribution in [2.75, 3.05) is 53.0 Å². The predicted octanol–water partition coefficient (Wildman–Crippen LogP) is 2.41. The standard InChI is InChI=1S/C17H36O10P2/c1-14(18)10-24-15(2)11-26-28(20)8-6-5-7-9-29(21)27-13-17(23-4)25-12-16(19)22-3/h14-19H,5-13H2,1-4H3/q+2. The number of aliphatic hydroxyl groups is 2. The second kappa shape index (κ2) is 18.6. The van der Waals surface area contributed by atoms with Crippen molar-refractivity contribution in [3.8, 4) is 0 Å². The summed E-state index contributed by atoms with van der Waals surface area (Å²) in [5, 5.41) is 18.4. The molecule has 0 heterocycles. The molecular formula is C17H36O10P2+2. The van der Waals surface area contributed by atoms with Gasteiger partial charge >= 0.3 is 16.1 Å². The van der Waals surface area contributed by atoms with Gasteiger partial charge in [0.2, 0.25) is 0 Å². The van der Waals surface area contributed by atoms with Gasteiger partial charge in [-0.25, -0.2) is 0 Å². The van der Waals surface area contributed by atoms with Crippen LogP contribution in [0.1, 0.15) is 33.1 Å². The Morgan fingerprint density at radius 2 is 1.34 bits per heavy atom. The molecule has 0 amide bonds. The Hall–Kier alpha value is -0.120. The molecule has 0 radical (unpaired) electrons. The third kappa shape index (κ3) is 18.4. The van der Waals surface area contributed by atoms with Gasteiger partial charge < -0.3 is 29.2 Å². The van der Waals surface area contributed by atoms with Gasteiger partial charge in [0.05, 0.1) is 18.8 Å². The minimum Gasteiger partial charge on any atom is -0.391 e. The highest BCUT2D eigenvalue weighted by atomic mass is 31.1. The SMILES string of the molecule is COC(O)COC(CO[P+](=O)CCCCC[P+](=O)OCC(C)OCC(C)O)OC. The maximum absolute atomic E-state index is 11.9. The fourth-order valence-corrected chi connectivity index (χ4v) is 3.80. The van der Waals surface area contributed by atoms with Gasteiger partial charge in [-0.05, 0) is 42.2 Å². The van der Waals surface area contributed by atoms with Crippen LogP contribution >= 0.6 is 16.1 Å². The van der Waals surface area contributed by atoms with E-state index in [-0.39, 0.29) is 32.5 Å². The highest BCUT2D eigenvalue weighted by Crippen LogP contribution is 2.27. The summed E-state index contributed by atoms with van der Waals surface area (Å²) in [5.41, 5.74) is 0. The molecule has 172 valence electrons. The Kier molecular flexibility index (Phi) is 18.6. The number of hydrogen-bond acceptors (Lipinski definition) is 10. The first kappa shape index (κ1) is 28.9. The Bertz CT molecular complexity index is 438. The van der Waals surface area contributed by atoms with Crippen molar-refractivity contribution < 1.29 is 47.3 Å². The number of unbranched alkanes of at least 4 members (excludes halogenated alkanes) is 2. The molecular weight excluding hydrogens is 426 g/mol. The maximum atomic E-state index is 11.9.